The molecule has 3 heteroatoms. The quantitative estimate of drug-likeness (QED) is 0.849. The standard InChI is InChI=1S/C14H17BrO2/c1-17-14-7-6-10(9-12(14)15)8-11-4-2-3-5-13(11)16/h6-7,9,11H,2-5,8H2,1H3. The van der Waals surface area contributed by atoms with Gasteiger partial charge in [-0.05, 0) is 52.9 Å². The molecule has 1 fully saturated rings. The van der Waals surface area contributed by atoms with Crippen LogP contribution in [-0.4, -0.2) is 12.9 Å². The molecule has 0 bridgehead atoms. The van der Waals surface area contributed by atoms with Crippen molar-refractivity contribution in [3.8, 4) is 5.75 Å². The normalized spacial score (nSPS) is 20.4. The van der Waals surface area contributed by atoms with Gasteiger partial charge in [0.25, 0.3) is 0 Å². The van der Waals surface area contributed by atoms with Crippen LogP contribution in [0.2, 0.25) is 0 Å². The highest BCUT2D eigenvalue weighted by Gasteiger charge is 2.22. The first kappa shape index (κ1) is 12.6. The Kier molecular flexibility index (Phi) is 4.21. The molecular weight excluding hydrogens is 280 g/mol. The predicted octanol–water partition coefficient (Wildman–Crippen LogP) is 3.76. The largest absolute Gasteiger partial charge is 0.496 e. The van der Waals surface area contributed by atoms with E-state index in [1.165, 1.54) is 12.0 Å². The molecule has 0 spiro atoms. The molecule has 0 aromatic heterocycles. The summed E-state index contributed by atoms with van der Waals surface area (Å²) >= 11 is 3.48. The molecule has 2 rings (SSSR count). The second-order valence-electron chi connectivity index (χ2n) is 4.58. The van der Waals surface area contributed by atoms with E-state index >= 15 is 0 Å². The van der Waals surface area contributed by atoms with Gasteiger partial charge in [-0.15, -0.1) is 0 Å². The summed E-state index contributed by atoms with van der Waals surface area (Å²) in [6.45, 7) is 0. The van der Waals surface area contributed by atoms with Gasteiger partial charge < -0.3 is 4.74 Å². The molecule has 1 unspecified atom stereocenters. The maximum Gasteiger partial charge on any atom is 0.136 e. The average Bonchev–Trinajstić information content (AvgIpc) is 2.32. The number of hydrogen-bond acceptors (Lipinski definition) is 2. The number of ketones is 1. The fourth-order valence-corrected chi connectivity index (χ4v) is 2.98. The number of Topliss-reactive ketones (excluding diaryl/α,β-unsaturated/α-hetero) is 1. The van der Waals surface area contributed by atoms with Crippen molar-refractivity contribution in [1.29, 1.82) is 0 Å². The summed E-state index contributed by atoms with van der Waals surface area (Å²) in [4.78, 5) is 11.8. The lowest BCUT2D eigenvalue weighted by Crippen LogP contribution is -2.21. The van der Waals surface area contributed by atoms with Crippen LogP contribution in [0.5, 0.6) is 5.75 Å². The van der Waals surface area contributed by atoms with E-state index in [4.69, 9.17) is 4.74 Å². The van der Waals surface area contributed by atoms with Crippen molar-refractivity contribution in [2.45, 2.75) is 32.1 Å². The third-order valence-corrected chi connectivity index (χ3v) is 4.00. The number of hydrogen-bond donors (Lipinski definition) is 0. The minimum absolute atomic E-state index is 0.226. The number of carbonyl (C=O) groups excluding carboxylic acids is 1. The molecule has 0 heterocycles. The van der Waals surface area contributed by atoms with Gasteiger partial charge in [0, 0.05) is 12.3 Å². The summed E-state index contributed by atoms with van der Waals surface area (Å²) < 4.78 is 6.16. The number of methoxy groups -OCH3 is 1. The fourth-order valence-electron chi connectivity index (χ4n) is 2.39. The third kappa shape index (κ3) is 3.09. The van der Waals surface area contributed by atoms with Crippen molar-refractivity contribution in [3.05, 3.63) is 28.2 Å². The number of ether oxygens (including phenoxy) is 1. The zero-order chi connectivity index (χ0) is 12.3. The summed E-state index contributed by atoms with van der Waals surface area (Å²) in [7, 11) is 1.66. The highest BCUT2D eigenvalue weighted by Crippen LogP contribution is 2.29. The minimum Gasteiger partial charge on any atom is -0.496 e. The van der Waals surface area contributed by atoms with Gasteiger partial charge >= 0.3 is 0 Å². The minimum atomic E-state index is 0.226. The lowest BCUT2D eigenvalue weighted by molar-refractivity contribution is -0.124. The van der Waals surface area contributed by atoms with Crippen molar-refractivity contribution in [3.63, 3.8) is 0 Å². The number of benzene rings is 1. The Hall–Kier alpha value is -0.830. The Bertz CT molecular complexity index is 415. The van der Waals surface area contributed by atoms with Crippen LogP contribution >= 0.6 is 15.9 Å². The highest BCUT2D eigenvalue weighted by molar-refractivity contribution is 9.10. The first-order chi connectivity index (χ1) is 8.20. The summed E-state index contributed by atoms with van der Waals surface area (Å²) in [6, 6.07) is 6.05. The van der Waals surface area contributed by atoms with Crippen molar-refractivity contribution < 1.29 is 9.53 Å². The van der Waals surface area contributed by atoms with E-state index in [1.54, 1.807) is 7.11 Å². The van der Waals surface area contributed by atoms with Crippen LogP contribution in [0.25, 0.3) is 0 Å². The molecule has 1 aromatic rings. The van der Waals surface area contributed by atoms with Crippen LogP contribution < -0.4 is 4.74 Å². The fraction of sp³-hybridized carbons (Fsp3) is 0.500. The Balaban J connectivity index is 2.07. The average molecular weight is 297 g/mol. The van der Waals surface area contributed by atoms with Crippen LogP contribution in [0.15, 0.2) is 22.7 Å². The van der Waals surface area contributed by atoms with E-state index in [0.29, 0.717) is 5.78 Å². The van der Waals surface area contributed by atoms with Crippen LogP contribution in [0.4, 0.5) is 0 Å². The van der Waals surface area contributed by atoms with Gasteiger partial charge in [-0.25, -0.2) is 0 Å². The van der Waals surface area contributed by atoms with Gasteiger partial charge in [-0.3, -0.25) is 4.79 Å². The first-order valence-corrected chi connectivity index (χ1v) is 6.85. The molecule has 0 saturated heterocycles. The molecule has 0 N–H and O–H groups in total. The predicted molar refractivity (Wildman–Crippen MR) is 71.4 cm³/mol. The first-order valence-electron chi connectivity index (χ1n) is 6.06. The van der Waals surface area contributed by atoms with E-state index in [-0.39, 0.29) is 5.92 Å². The summed E-state index contributed by atoms with van der Waals surface area (Å²) in [5.41, 5.74) is 1.21. The van der Waals surface area contributed by atoms with Crippen molar-refractivity contribution in [2.24, 2.45) is 5.92 Å². The van der Waals surface area contributed by atoms with E-state index in [9.17, 15) is 4.79 Å². The molecule has 0 aliphatic heterocycles. The topological polar surface area (TPSA) is 26.3 Å². The van der Waals surface area contributed by atoms with Gasteiger partial charge in [0.2, 0.25) is 0 Å². The van der Waals surface area contributed by atoms with Gasteiger partial charge in [0.05, 0.1) is 11.6 Å². The molecular formula is C14H17BrO2. The Labute approximate surface area is 110 Å². The van der Waals surface area contributed by atoms with Gasteiger partial charge in [0.15, 0.2) is 0 Å². The molecule has 92 valence electrons. The Morgan fingerprint density at radius 3 is 2.88 bits per heavy atom. The van der Waals surface area contributed by atoms with Crippen molar-refractivity contribution >= 4 is 21.7 Å². The number of halogens is 1. The van der Waals surface area contributed by atoms with Crippen molar-refractivity contribution in [2.75, 3.05) is 7.11 Å². The van der Waals surface area contributed by atoms with Gasteiger partial charge in [-0.1, -0.05) is 12.5 Å². The van der Waals surface area contributed by atoms with Crippen LogP contribution in [0, 0.1) is 5.92 Å². The zero-order valence-electron chi connectivity index (χ0n) is 10.0. The SMILES string of the molecule is COc1ccc(CC2CCCCC2=O)cc1Br. The zero-order valence-corrected chi connectivity index (χ0v) is 11.6. The van der Waals surface area contributed by atoms with E-state index < -0.39 is 0 Å². The second-order valence-corrected chi connectivity index (χ2v) is 5.44. The molecule has 17 heavy (non-hydrogen) atoms. The van der Waals surface area contributed by atoms with Crippen molar-refractivity contribution in [1.82, 2.24) is 0 Å². The Morgan fingerprint density at radius 1 is 1.41 bits per heavy atom. The van der Waals surface area contributed by atoms with Gasteiger partial charge in [-0.2, -0.15) is 0 Å². The lowest BCUT2D eigenvalue weighted by Gasteiger charge is -2.20. The van der Waals surface area contributed by atoms with Crippen LogP contribution in [0.3, 0.4) is 0 Å². The molecule has 1 aliphatic rings. The van der Waals surface area contributed by atoms with Gasteiger partial charge in [0.1, 0.15) is 11.5 Å². The molecule has 0 amide bonds. The monoisotopic (exact) mass is 296 g/mol. The smallest absolute Gasteiger partial charge is 0.136 e. The molecule has 1 atom stereocenters. The van der Waals surface area contributed by atoms with Crippen LogP contribution in [-0.2, 0) is 11.2 Å². The van der Waals surface area contributed by atoms with E-state index in [2.05, 4.69) is 22.0 Å². The molecule has 1 aromatic carbocycles. The summed E-state index contributed by atoms with van der Waals surface area (Å²) in [6.07, 6.45) is 4.93. The molecule has 2 nitrogen and oxygen atoms in total. The Morgan fingerprint density at radius 2 is 2.24 bits per heavy atom. The van der Waals surface area contributed by atoms with E-state index in [1.807, 2.05) is 12.1 Å². The third-order valence-electron chi connectivity index (χ3n) is 3.38. The number of carbonyl (C=O) groups is 1. The molecule has 1 aliphatic carbocycles. The molecule has 1 saturated carbocycles. The van der Waals surface area contributed by atoms with E-state index in [0.717, 1.165) is 35.9 Å². The van der Waals surface area contributed by atoms with Crippen LogP contribution in [0.1, 0.15) is 31.2 Å². The summed E-state index contributed by atoms with van der Waals surface area (Å²) in [5.74, 6) is 1.50. The number of rotatable bonds is 3. The maximum absolute atomic E-state index is 11.8. The molecule has 0 radical (unpaired) electrons. The summed E-state index contributed by atoms with van der Waals surface area (Å²) in [5, 5.41) is 0. The lowest BCUT2D eigenvalue weighted by atomic mass is 9.84. The maximum atomic E-state index is 11.8. The second kappa shape index (κ2) is 5.67. The highest BCUT2D eigenvalue weighted by atomic mass is 79.9.